The first-order valence-corrected chi connectivity index (χ1v) is 9.42. The van der Waals surface area contributed by atoms with Gasteiger partial charge in [-0.15, -0.1) is 0 Å². The van der Waals surface area contributed by atoms with E-state index in [0.29, 0.717) is 12.2 Å². The molecular formula is C18H28N2O4S. The highest BCUT2D eigenvalue weighted by Crippen LogP contribution is 2.18. The average Bonchev–Trinajstić information content (AvgIpc) is 3.06. The number of carboxylic acids is 2. The molecule has 140 valence electrons. The Hall–Kier alpha value is -1.70. The molecule has 2 heterocycles. The van der Waals surface area contributed by atoms with Gasteiger partial charge in [-0.1, -0.05) is 13.8 Å². The van der Waals surface area contributed by atoms with Gasteiger partial charge >= 0.3 is 11.9 Å². The Balaban J connectivity index is 0.000000333. The predicted octanol–water partition coefficient (Wildman–Crippen LogP) is 2.67. The highest BCUT2D eigenvalue weighted by atomic mass is 32.1. The maximum atomic E-state index is 9.55. The van der Waals surface area contributed by atoms with Crippen molar-refractivity contribution in [2.24, 2.45) is 5.92 Å². The molecule has 25 heavy (non-hydrogen) atoms. The van der Waals surface area contributed by atoms with E-state index in [1.165, 1.54) is 38.0 Å². The molecule has 0 radical (unpaired) electrons. The summed E-state index contributed by atoms with van der Waals surface area (Å²) in [6.07, 6.45) is 3.72. The summed E-state index contributed by atoms with van der Waals surface area (Å²) in [4.78, 5) is 21.8. The summed E-state index contributed by atoms with van der Waals surface area (Å²) in [5, 5.41) is 23.6. The monoisotopic (exact) mass is 368 g/mol. The zero-order valence-electron chi connectivity index (χ0n) is 14.9. The van der Waals surface area contributed by atoms with Crippen LogP contribution in [0.25, 0.3) is 0 Å². The second kappa shape index (κ2) is 11.8. The van der Waals surface area contributed by atoms with Gasteiger partial charge in [0.15, 0.2) is 0 Å². The van der Waals surface area contributed by atoms with E-state index in [0.717, 1.165) is 18.5 Å². The molecule has 6 nitrogen and oxygen atoms in total. The third-order valence-corrected chi connectivity index (χ3v) is 4.49. The van der Waals surface area contributed by atoms with Crippen LogP contribution in [0.1, 0.15) is 32.3 Å². The molecule has 0 unspecified atom stereocenters. The van der Waals surface area contributed by atoms with Crippen LogP contribution in [-0.2, 0) is 16.1 Å². The van der Waals surface area contributed by atoms with Crippen LogP contribution in [0, 0.1) is 5.92 Å². The van der Waals surface area contributed by atoms with E-state index < -0.39 is 11.9 Å². The normalized spacial score (nSPS) is 15.4. The number of nitrogens with zero attached hydrogens (tertiary/aromatic N) is 1. The van der Waals surface area contributed by atoms with Crippen molar-refractivity contribution in [3.63, 3.8) is 0 Å². The van der Waals surface area contributed by atoms with Crippen LogP contribution in [0.2, 0.25) is 0 Å². The maximum absolute atomic E-state index is 9.55. The SMILES string of the molecule is CC(C)CN(Cc1ccsc1)C1CCNCC1.O=C(O)C=CC(=O)O. The lowest BCUT2D eigenvalue weighted by atomic mass is 10.0. The summed E-state index contributed by atoms with van der Waals surface area (Å²) in [5.74, 6) is -1.76. The first-order valence-electron chi connectivity index (χ1n) is 8.48. The van der Waals surface area contributed by atoms with Gasteiger partial charge in [0.2, 0.25) is 0 Å². The fourth-order valence-electron chi connectivity index (χ4n) is 2.74. The number of hydrogen-bond donors (Lipinski definition) is 3. The van der Waals surface area contributed by atoms with Gasteiger partial charge in [0.05, 0.1) is 0 Å². The van der Waals surface area contributed by atoms with Crippen molar-refractivity contribution in [3.05, 3.63) is 34.5 Å². The molecule has 0 aromatic carbocycles. The van der Waals surface area contributed by atoms with Crippen LogP contribution in [0.5, 0.6) is 0 Å². The zero-order valence-corrected chi connectivity index (χ0v) is 15.7. The molecule has 0 bridgehead atoms. The summed E-state index contributed by atoms with van der Waals surface area (Å²) in [5.41, 5.74) is 1.48. The molecule has 0 spiro atoms. The van der Waals surface area contributed by atoms with Gasteiger partial charge < -0.3 is 15.5 Å². The summed E-state index contributed by atoms with van der Waals surface area (Å²) in [6, 6.07) is 3.04. The second-order valence-electron chi connectivity index (χ2n) is 6.45. The van der Waals surface area contributed by atoms with Gasteiger partial charge in [0, 0.05) is 31.3 Å². The highest BCUT2D eigenvalue weighted by molar-refractivity contribution is 7.07. The van der Waals surface area contributed by atoms with Crippen LogP contribution in [0.15, 0.2) is 29.0 Å². The quantitative estimate of drug-likeness (QED) is 0.641. The van der Waals surface area contributed by atoms with Crippen molar-refractivity contribution in [2.75, 3.05) is 19.6 Å². The largest absolute Gasteiger partial charge is 0.478 e. The maximum Gasteiger partial charge on any atom is 0.328 e. The topological polar surface area (TPSA) is 89.9 Å². The van der Waals surface area contributed by atoms with Crippen LogP contribution in [0.4, 0.5) is 0 Å². The highest BCUT2D eigenvalue weighted by Gasteiger charge is 2.21. The average molecular weight is 368 g/mol. The zero-order chi connectivity index (χ0) is 18.7. The number of rotatable bonds is 7. The summed E-state index contributed by atoms with van der Waals surface area (Å²) in [7, 11) is 0. The molecule has 0 atom stereocenters. The number of nitrogens with one attached hydrogen (secondary N) is 1. The lowest BCUT2D eigenvalue weighted by molar-refractivity contribution is -0.134. The fourth-order valence-corrected chi connectivity index (χ4v) is 3.40. The van der Waals surface area contributed by atoms with Gasteiger partial charge in [0.1, 0.15) is 0 Å². The molecule has 3 N–H and O–H groups in total. The van der Waals surface area contributed by atoms with Crippen molar-refractivity contribution in [3.8, 4) is 0 Å². The predicted molar refractivity (Wildman–Crippen MR) is 99.9 cm³/mol. The van der Waals surface area contributed by atoms with Gasteiger partial charge in [-0.05, 0) is 54.2 Å². The number of thiophene rings is 1. The third-order valence-electron chi connectivity index (χ3n) is 3.76. The van der Waals surface area contributed by atoms with Gasteiger partial charge in [-0.2, -0.15) is 11.3 Å². The number of carboxylic acid groups (broad SMARTS) is 2. The van der Waals surface area contributed by atoms with Crippen molar-refractivity contribution < 1.29 is 19.8 Å². The van der Waals surface area contributed by atoms with Crippen molar-refractivity contribution in [2.45, 2.75) is 39.3 Å². The van der Waals surface area contributed by atoms with Crippen LogP contribution in [-0.4, -0.2) is 52.7 Å². The number of hydrogen-bond acceptors (Lipinski definition) is 5. The molecule has 1 aliphatic heterocycles. The third kappa shape index (κ3) is 10.0. The summed E-state index contributed by atoms with van der Waals surface area (Å²) >= 11 is 1.81. The van der Waals surface area contributed by atoms with E-state index in [9.17, 15) is 9.59 Å². The van der Waals surface area contributed by atoms with Crippen LogP contribution < -0.4 is 5.32 Å². The molecule has 1 aliphatic rings. The van der Waals surface area contributed by atoms with Gasteiger partial charge in [-0.25, -0.2) is 9.59 Å². The number of piperidine rings is 1. The number of aliphatic carboxylic acids is 2. The number of carbonyl (C=O) groups is 2. The molecule has 7 heteroatoms. The lowest BCUT2D eigenvalue weighted by Gasteiger charge is -2.35. The van der Waals surface area contributed by atoms with Gasteiger partial charge in [-0.3, -0.25) is 4.90 Å². The minimum atomic E-state index is -1.26. The first kappa shape index (κ1) is 21.3. The fraction of sp³-hybridized carbons (Fsp3) is 0.556. The molecule has 0 saturated carbocycles. The van der Waals surface area contributed by atoms with Crippen LogP contribution >= 0.6 is 11.3 Å². The summed E-state index contributed by atoms with van der Waals surface area (Å²) in [6.45, 7) is 9.36. The summed E-state index contributed by atoms with van der Waals surface area (Å²) < 4.78 is 0. The Kier molecular flexibility index (Phi) is 10.1. The molecule has 0 amide bonds. The Morgan fingerprint density at radius 2 is 1.88 bits per heavy atom. The Morgan fingerprint density at radius 3 is 2.32 bits per heavy atom. The van der Waals surface area contributed by atoms with Crippen LogP contribution in [0.3, 0.4) is 0 Å². The Bertz CT molecular complexity index is 521. The smallest absolute Gasteiger partial charge is 0.328 e. The second-order valence-corrected chi connectivity index (χ2v) is 7.23. The van der Waals surface area contributed by atoms with E-state index in [4.69, 9.17) is 10.2 Å². The molecule has 1 saturated heterocycles. The molecule has 1 aromatic heterocycles. The first-order chi connectivity index (χ1) is 11.9. The molecule has 2 rings (SSSR count). The van der Waals surface area contributed by atoms with E-state index in [-0.39, 0.29) is 0 Å². The van der Waals surface area contributed by atoms with Gasteiger partial charge in [0.25, 0.3) is 0 Å². The Labute approximate surface area is 153 Å². The van der Waals surface area contributed by atoms with E-state index >= 15 is 0 Å². The molecule has 1 fully saturated rings. The standard InChI is InChI=1S/C14H24N2S.C4H4O4/c1-12(2)9-16(10-13-5-8-17-11-13)14-3-6-15-7-4-14;5-3(6)1-2-4(7)8/h5,8,11-12,14-15H,3-4,6-7,9-10H2,1-2H3;1-2H,(H,5,6)(H,7,8). The van der Waals surface area contributed by atoms with Crippen molar-refractivity contribution >= 4 is 23.3 Å². The van der Waals surface area contributed by atoms with E-state index in [1.54, 1.807) is 0 Å². The van der Waals surface area contributed by atoms with Crippen molar-refractivity contribution in [1.29, 1.82) is 0 Å². The molecular weight excluding hydrogens is 340 g/mol. The molecule has 1 aromatic rings. The lowest BCUT2D eigenvalue weighted by Crippen LogP contribution is -2.44. The molecule has 0 aliphatic carbocycles. The Morgan fingerprint density at radius 1 is 1.28 bits per heavy atom. The van der Waals surface area contributed by atoms with E-state index in [1.807, 2.05) is 11.3 Å². The van der Waals surface area contributed by atoms with Crippen molar-refractivity contribution in [1.82, 2.24) is 10.2 Å². The minimum Gasteiger partial charge on any atom is -0.478 e. The minimum absolute atomic E-state index is 0.558. The van der Waals surface area contributed by atoms with E-state index in [2.05, 4.69) is 40.9 Å².